The molecular formula is C29H25BrN2O2S. The Morgan fingerprint density at radius 3 is 2.43 bits per heavy atom. The van der Waals surface area contributed by atoms with Gasteiger partial charge in [-0.1, -0.05) is 91.3 Å². The molecule has 5 aromatic rings. The average molecular weight is 546 g/mol. The maximum Gasteiger partial charge on any atom is 0.259 e. The molecule has 0 aliphatic rings. The van der Waals surface area contributed by atoms with Crippen LogP contribution < -0.4 is 10.3 Å². The molecule has 3 aromatic carbocycles. The van der Waals surface area contributed by atoms with Crippen molar-refractivity contribution in [1.29, 1.82) is 0 Å². The number of benzene rings is 3. The van der Waals surface area contributed by atoms with Gasteiger partial charge in [0.05, 0.1) is 10.9 Å². The Bertz CT molecular complexity index is 1550. The van der Waals surface area contributed by atoms with Crippen LogP contribution in [0.25, 0.3) is 32.0 Å². The van der Waals surface area contributed by atoms with Crippen molar-refractivity contribution in [2.24, 2.45) is 0 Å². The van der Waals surface area contributed by atoms with Crippen molar-refractivity contribution in [3.8, 4) is 27.6 Å². The predicted molar refractivity (Wildman–Crippen MR) is 148 cm³/mol. The zero-order chi connectivity index (χ0) is 24.6. The van der Waals surface area contributed by atoms with Crippen molar-refractivity contribution in [3.63, 3.8) is 0 Å². The molecule has 6 heteroatoms. The Morgan fingerprint density at radius 2 is 1.71 bits per heavy atom. The highest BCUT2D eigenvalue weighted by molar-refractivity contribution is 9.10. The Hall–Kier alpha value is -3.22. The van der Waals surface area contributed by atoms with Gasteiger partial charge in [0, 0.05) is 9.35 Å². The van der Waals surface area contributed by atoms with E-state index in [9.17, 15) is 4.79 Å². The van der Waals surface area contributed by atoms with Crippen LogP contribution in [-0.4, -0.2) is 9.97 Å². The first-order valence-corrected chi connectivity index (χ1v) is 13.0. The van der Waals surface area contributed by atoms with E-state index in [2.05, 4.69) is 66.0 Å². The number of aromatic nitrogens is 2. The van der Waals surface area contributed by atoms with Gasteiger partial charge in [-0.15, -0.1) is 11.3 Å². The van der Waals surface area contributed by atoms with Crippen molar-refractivity contribution in [2.75, 3.05) is 0 Å². The molecule has 0 unspecified atom stereocenters. The Morgan fingerprint density at radius 1 is 0.971 bits per heavy atom. The summed E-state index contributed by atoms with van der Waals surface area (Å²) in [6.07, 6.45) is 0. The molecule has 0 atom stereocenters. The number of aromatic amines is 1. The molecule has 0 radical (unpaired) electrons. The van der Waals surface area contributed by atoms with Crippen LogP contribution in [0.4, 0.5) is 0 Å². The highest BCUT2D eigenvalue weighted by Crippen LogP contribution is 2.35. The second kappa shape index (κ2) is 9.44. The molecule has 0 fully saturated rings. The van der Waals surface area contributed by atoms with Crippen LogP contribution in [0.15, 0.2) is 88.1 Å². The molecule has 0 saturated carbocycles. The van der Waals surface area contributed by atoms with Crippen LogP contribution in [-0.2, 0) is 12.0 Å². The van der Waals surface area contributed by atoms with Gasteiger partial charge in [-0.2, -0.15) is 0 Å². The number of halogens is 1. The van der Waals surface area contributed by atoms with Crippen molar-refractivity contribution >= 4 is 37.5 Å². The second-order valence-corrected chi connectivity index (χ2v) is 11.4. The van der Waals surface area contributed by atoms with Crippen LogP contribution in [0.1, 0.15) is 31.9 Å². The van der Waals surface area contributed by atoms with Crippen LogP contribution >= 0.6 is 27.3 Å². The standard InChI is InChI=1S/C29H25BrN2O2S/c1-29(2,3)20-11-9-18(10-12-20)17-34-24-14-13-21(30)15-22(24)26-31-27(33)23-16-25(35-28(23)32-26)19-7-5-4-6-8-19/h4-16H,17H2,1-3H3,(H,31,32,33). The van der Waals surface area contributed by atoms with Crippen LogP contribution in [0, 0.1) is 0 Å². The summed E-state index contributed by atoms with van der Waals surface area (Å²) in [5.74, 6) is 1.15. The van der Waals surface area contributed by atoms with Gasteiger partial charge in [-0.05, 0) is 46.4 Å². The molecule has 2 aromatic heterocycles. The van der Waals surface area contributed by atoms with E-state index in [4.69, 9.17) is 9.72 Å². The Balaban J connectivity index is 1.47. The van der Waals surface area contributed by atoms with Crippen LogP contribution in [0.2, 0.25) is 0 Å². The molecule has 35 heavy (non-hydrogen) atoms. The van der Waals surface area contributed by atoms with E-state index < -0.39 is 0 Å². The Kier molecular flexibility index (Phi) is 6.34. The minimum Gasteiger partial charge on any atom is -0.488 e. The zero-order valence-corrected chi connectivity index (χ0v) is 22.2. The molecule has 0 bridgehead atoms. The summed E-state index contributed by atoms with van der Waals surface area (Å²) in [6.45, 7) is 7.03. The van der Waals surface area contributed by atoms with Gasteiger partial charge < -0.3 is 9.72 Å². The number of H-pyrrole nitrogens is 1. The number of hydrogen-bond acceptors (Lipinski definition) is 4. The fourth-order valence-corrected chi connectivity index (χ4v) is 5.28. The highest BCUT2D eigenvalue weighted by atomic mass is 79.9. The van der Waals surface area contributed by atoms with Crippen LogP contribution in [0.3, 0.4) is 0 Å². The first-order valence-electron chi connectivity index (χ1n) is 11.4. The summed E-state index contributed by atoms with van der Waals surface area (Å²) in [5.41, 5.74) is 4.12. The number of rotatable bonds is 5. The van der Waals surface area contributed by atoms with E-state index in [1.54, 1.807) is 0 Å². The van der Waals surface area contributed by atoms with Crippen molar-refractivity contribution < 1.29 is 4.74 Å². The number of fused-ring (bicyclic) bond motifs is 1. The Labute approximate surface area is 216 Å². The van der Waals surface area contributed by atoms with Gasteiger partial charge in [-0.25, -0.2) is 4.98 Å². The minimum atomic E-state index is -0.160. The maximum atomic E-state index is 13.0. The third-order valence-corrected chi connectivity index (χ3v) is 7.44. The minimum absolute atomic E-state index is 0.108. The number of hydrogen-bond donors (Lipinski definition) is 1. The lowest BCUT2D eigenvalue weighted by Crippen LogP contribution is -2.11. The SMILES string of the molecule is CC(C)(C)c1ccc(COc2ccc(Br)cc2-c2nc3sc(-c4ccccc4)cc3c(=O)[nH]2)cc1. The monoisotopic (exact) mass is 544 g/mol. The van der Waals surface area contributed by atoms with E-state index in [1.165, 1.54) is 16.9 Å². The van der Waals surface area contributed by atoms with Gasteiger partial charge in [0.2, 0.25) is 0 Å². The second-order valence-electron chi connectivity index (χ2n) is 9.49. The molecule has 5 rings (SSSR count). The summed E-state index contributed by atoms with van der Waals surface area (Å²) in [4.78, 5) is 22.4. The summed E-state index contributed by atoms with van der Waals surface area (Å²) < 4.78 is 7.09. The lowest BCUT2D eigenvalue weighted by Gasteiger charge is -2.19. The van der Waals surface area contributed by atoms with E-state index >= 15 is 0 Å². The molecule has 4 nitrogen and oxygen atoms in total. The van der Waals surface area contributed by atoms with Crippen LogP contribution in [0.5, 0.6) is 5.75 Å². The molecule has 0 aliphatic carbocycles. The van der Waals surface area contributed by atoms with Crippen molar-refractivity contribution in [3.05, 3.63) is 105 Å². The molecule has 0 amide bonds. The fraction of sp³-hybridized carbons (Fsp3) is 0.172. The molecular weight excluding hydrogens is 520 g/mol. The van der Waals surface area contributed by atoms with Crippen molar-refractivity contribution in [1.82, 2.24) is 9.97 Å². The molecule has 176 valence electrons. The topological polar surface area (TPSA) is 55.0 Å². The summed E-state index contributed by atoms with van der Waals surface area (Å²) >= 11 is 5.06. The van der Waals surface area contributed by atoms with Gasteiger partial charge in [0.15, 0.2) is 0 Å². The average Bonchev–Trinajstić information content (AvgIpc) is 3.28. The molecule has 0 saturated heterocycles. The summed E-state index contributed by atoms with van der Waals surface area (Å²) in [7, 11) is 0. The van der Waals surface area contributed by atoms with E-state index in [0.717, 1.165) is 26.0 Å². The molecule has 1 N–H and O–H groups in total. The number of nitrogens with zero attached hydrogens (tertiary/aromatic N) is 1. The number of ether oxygens (including phenoxy) is 1. The largest absolute Gasteiger partial charge is 0.488 e. The van der Waals surface area contributed by atoms with E-state index in [1.807, 2.05) is 54.6 Å². The summed E-state index contributed by atoms with van der Waals surface area (Å²) in [6, 6.07) is 26.2. The quantitative estimate of drug-likeness (QED) is 0.244. The normalized spacial score (nSPS) is 11.7. The first kappa shape index (κ1) is 23.5. The first-order chi connectivity index (χ1) is 16.8. The smallest absolute Gasteiger partial charge is 0.259 e. The number of nitrogens with one attached hydrogen (secondary N) is 1. The fourth-order valence-electron chi connectivity index (χ4n) is 3.88. The van der Waals surface area contributed by atoms with Gasteiger partial charge in [0.25, 0.3) is 5.56 Å². The lowest BCUT2D eigenvalue weighted by molar-refractivity contribution is 0.307. The molecule has 0 spiro atoms. The van der Waals surface area contributed by atoms with Gasteiger partial charge in [0.1, 0.15) is 23.0 Å². The van der Waals surface area contributed by atoms with Gasteiger partial charge in [-0.3, -0.25) is 4.79 Å². The predicted octanol–water partition coefficient (Wildman–Crippen LogP) is 7.96. The third kappa shape index (κ3) is 5.09. The molecule has 2 heterocycles. The maximum absolute atomic E-state index is 13.0. The zero-order valence-electron chi connectivity index (χ0n) is 19.8. The van der Waals surface area contributed by atoms with E-state index in [-0.39, 0.29) is 11.0 Å². The number of thiophene rings is 1. The third-order valence-electron chi connectivity index (χ3n) is 5.87. The van der Waals surface area contributed by atoms with E-state index in [0.29, 0.717) is 28.4 Å². The molecule has 0 aliphatic heterocycles. The highest BCUT2D eigenvalue weighted by Gasteiger charge is 2.16. The lowest BCUT2D eigenvalue weighted by atomic mass is 9.87. The summed E-state index contributed by atoms with van der Waals surface area (Å²) in [5, 5.41) is 0.592. The van der Waals surface area contributed by atoms with Crippen molar-refractivity contribution in [2.45, 2.75) is 32.8 Å². The van der Waals surface area contributed by atoms with Gasteiger partial charge >= 0.3 is 0 Å².